The van der Waals surface area contributed by atoms with Crippen molar-refractivity contribution in [1.82, 2.24) is 0 Å². The van der Waals surface area contributed by atoms with Gasteiger partial charge >= 0.3 is 0 Å². The topological polar surface area (TPSA) is 34.1 Å². The van der Waals surface area contributed by atoms with E-state index in [2.05, 4.69) is 71.0 Å². The Morgan fingerprint density at radius 1 is 1.00 bits per heavy atom. The number of carbonyl (C=O) groups excluding carboxylic acids is 2. The predicted octanol–water partition coefficient (Wildman–Crippen LogP) is 8.25. The minimum absolute atomic E-state index is 0.161. The molecular weight excluding hydrogens is 416 g/mol. The van der Waals surface area contributed by atoms with Gasteiger partial charge in [-0.2, -0.15) is 0 Å². The molecule has 34 heavy (non-hydrogen) atoms. The Morgan fingerprint density at radius 3 is 2.18 bits per heavy atom. The molecule has 0 heterocycles. The van der Waals surface area contributed by atoms with Gasteiger partial charge in [0.2, 0.25) is 0 Å². The molecule has 2 nitrogen and oxygen atoms in total. The number of hydrogen-bond acceptors (Lipinski definition) is 2. The van der Waals surface area contributed by atoms with Crippen molar-refractivity contribution < 1.29 is 9.59 Å². The Labute approximate surface area is 207 Å². The molecule has 1 saturated carbocycles. The summed E-state index contributed by atoms with van der Waals surface area (Å²) in [5, 5.41) is 0. The van der Waals surface area contributed by atoms with Crippen LogP contribution in [0.4, 0.5) is 0 Å². The Balaban J connectivity index is 0.000000271. The Hall–Kier alpha value is -2.22. The molecule has 0 saturated heterocycles. The summed E-state index contributed by atoms with van der Waals surface area (Å²) in [5.41, 5.74) is 7.54. The summed E-state index contributed by atoms with van der Waals surface area (Å²) in [5.74, 6) is 1.73. The second-order valence-electron chi connectivity index (χ2n) is 11.0. The van der Waals surface area contributed by atoms with Crippen LogP contribution in [0, 0.1) is 11.3 Å². The van der Waals surface area contributed by atoms with Crippen LogP contribution < -0.4 is 0 Å². The van der Waals surface area contributed by atoms with Gasteiger partial charge in [0.15, 0.2) is 5.78 Å². The van der Waals surface area contributed by atoms with Gasteiger partial charge in [0.25, 0.3) is 0 Å². The van der Waals surface area contributed by atoms with Crippen molar-refractivity contribution in [3.8, 4) is 0 Å². The van der Waals surface area contributed by atoms with Crippen LogP contribution in [0.15, 0.2) is 36.4 Å². The molecule has 0 spiro atoms. The average Bonchev–Trinajstić information content (AvgIpc) is 2.83. The highest BCUT2D eigenvalue weighted by Crippen LogP contribution is 2.54. The first kappa shape index (κ1) is 26.4. The first-order valence-electron chi connectivity index (χ1n) is 13.4. The van der Waals surface area contributed by atoms with Crippen molar-refractivity contribution in [3.05, 3.63) is 69.8 Å². The van der Waals surface area contributed by atoms with Crippen LogP contribution in [-0.2, 0) is 24.1 Å². The molecule has 0 aromatic heterocycles. The number of fused-ring (bicyclic) bond motifs is 3. The van der Waals surface area contributed by atoms with Crippen LogP contribution in [0.3, 0.4) is 0 Å². The van der Waals surface area contributed by atoms with E-state index in [1.807, 2.05) is 0 Å². The number of ketones is 2. The molecule has 0 radical (unpaired) electrons. The summed E-state index contributed by atoms with van der Waals surface area (Å²) in [6.07, 6.45) is 7.71. The van der Waals surface area contributed by atoms with E-state index in [9.17, 15) is 9.59 Å². The van der Waals surface area contributed by atoms with Gasteiger partial charge in [-0.15, -0.1) is 0 Å². The van der Waals surface area contributed by atoms with Crippen molar-refractivity contribution in [2.45, 2.75) is 105 Å². The smallest absolute Gasteiger partial charge is 0.160 e. The minimum atomic E-state index is -0.187. The first-order chi connectivity index (χ1) is 16.1. The van der Waals surface area contributed by atoms with Crippen LogP contribution in [0.5, 0.6) is 0 Å². The number of rotatable bonds is 5. The zero-order valence-electron chi connectivity index (χ0n) is 22.5. The zero-order valence-corrected chi connectivity index (χ0v) is 22.5. The van der Waals surface area contributed by atoms with Crippen LogP contribution in [-0.4, -0.2) is 11.6 Å². The van der Waals surface area contributed by atoms with Gasteiger partial charge in [-0.3, -0.25) is 9.59 Å². The first-order valence-corrected chi connectivity index (χ1v) is 13.4. The highest BCUT2D eigenvalue weighted by molar-refractivity contribution is 5.96. The minimum Gasteiger partial charge on any atom is -0.299 e. The van der Waals surface area contributed by atoms with E-state index in [1.54, 1.807) is 13.8 Å². The van der Waals surface area contributed by atoms with Gasteiger partial charge in [-0.1, -0.05) is 71.4 Å². The number of carbonyl (C=O) groups is 2. The molecule has 0 N–H and O–H groups in total. The predicted molar refractivity (Wildman–Crippen MR) is 143 cm³/mol. The molecule has 2 aromatic carbocycles. The molecule has 2 aromatic rings. The van der Waals surface area contributed by atoms with Gasteiger partial charge in [0.1, 0.15) is 5.78 Å². The molecule has 4 rings (SSSR count). The van der Waals surface area contributed by atoms with Crippen molar-refractivity contribution in [3.63, 3.8) is 0 Å². The largest absolute Gasteiger partial charge is 0.299 e. The van der Waals surface area contributed by atoms with Gasteiger partial charge < -0.3 is 0 Å². The van der Waals surface area contributed by atoms with E-state index in [0.29, 0.717) is 23.5 Å². The van der Waals surface area contributed by atoms with Crippen molar-refractivity contribution in [2.24, 2.45) is 11.3 Å². The third-order valence-electron chi connectivity index (χ3n) is 8.56. The summed E-state index contributed by atoms with van der Waals surface area (Å²) >= 11 is 0. The van der Waals surface area contributed by atoms with Gasteiger partial charge in [0, 0.05) is 11.0 Å². The van der Waals surface area contributed by atoms with Crippen molar-refractivity contribution in [1.29, 1.82) is 0 Å². The summed E-state index contributed by atoms with van der Waals surface area (Å²) < 4.78 is 0. The van der Waals surface area contributed by atoms with E-state index in [0.717, 1.165) is 50.5 Å². The second kappa shape index (κ2) is 11.0. The van der Waals surface area contributed by atoms with Crippen LogP contribution in [0.1, 0.15) is 124 Å². The summed E-state index contributed by atoms with van der Waals surface area (Å²) in [6, 6.07) is 13.2. The average molecular weight is 461 g/mol. The summed E-state index contributed by atoms with van der Waals surface area (Å²) in [4.78, 5) is 24.5. The Morgan fingerprint density at radius 2 is 1.65 bits per heavy atom. The molecule has 1 fully saturated rings. The van der Waals surface area contributed by atoms with Crippen LogP contribution >= 0.6 is 0 Å². The normalized spacial score (nSPS) is 23.4. The lowest BCUT2D eigenvalue weighted by atomic mass is 9.55. The molecular formula is C32H44O2. The van der Waals surface area contributed by atoms with E-state index >= 15 is 0 Å². The number of benzene rings is 2. The highest BCUT2D eigenvalue weighted by atomic mass is 16.1. The van der Waals surface area contributed by atoms with E-state index in [4.69, 9.17) is 0 Å². The summed E-state index contributed by atoms with van der Waals surface area (Å²) in [7, 11) is 0. The third kappa shape index (κ3) is 5.37. The summed E-state index contributed by atoms with van der Waals surface area (Å²) in [6.45, 7) is 14.3. The van der Waals surface area contributed by atoms with Crippen LogP contribution in [0.2, 0.25) is 0 Å². The molecule has 2 aliphatic carbocycles. The fraction of sp³-hybridized carbons (Fsp3) is 0.562. The maximum absolute atomic E-state index is 12.4. The van der Waals surface area contributed by atoms with Gasteiger partial charge in [-0.25, -0.2) is 0 Å². The SMILES string of the molecule is CC(=O)c1cc2c(cc1C(C)C)CCC1C2CCCC1(C)C(C)=O.CCc1cccc(CC)c1. The maximum Gasteiger partial charge on any atom is 0.160 e. The fourth-order valence-corrected chi connectivity index (χ4v) is 6.25. The molecule has 0 aliphatic heterocycles. The standard InChI is InChI=1S/C22H30O2.C10H14/c1-13(2)18-11-16-8-9-21-17(20(16)12-19(18)14(3)23)7-6-10-22(21,5)15(4)24;1-3-9-6-5-7-10(4-2)8-9/h11-13,17,21H,6-10H2,1-5H3;5-8H,3-4H2,1-2H3. The second-order valence-corrected chi connectivity index (χ2v) is 11.0. The Kier molecular flexibility index (Phi) is 8.55. The highest BCUT2D eigenvalue weighted by Gasteiger charge is 2.47. The van der Waals surface area contributed by atoms with E-state index in [1.165, 1.54) is 27.8 Å². The monoisotopic (exact) mass is 460 g/mol. The molecule has 0 amide bonds. The lowest BCUT2D eigenvalue weighted by Gasteiger charge is -2.48. The number of aryl methyl sites for hydroxylation is 3. The van der Waals surface area contributed by atoms with Crippen molar-refractivity contribution >= 4 is 11.6 Å². The maximum atomic E-state index is 12.4. The molecule has 3 unspecified atom stereocenters. The Bertz CT molecular complexity index is 1010. The number of Topliss-reactive ketones (excluding diaryl/α,β-unsaturated/α-hetero) is 2. The molecule has 0 bridgehead atoms. The zero-order chi connectivity index (χ0) is 25.0. The quantitative estimate of drug-likeness (QED) is 0.421. The molecule has 184 valence electrons. The molecule has 2 heteroatoms. The lowest BCUT2D eigenvalue weighted by Crippen LogP contribution is -2.43. The molecule has 2 aliphatic rings. The lowest BCUT2D eigenvalue weighted by molar-refractivity contribution is -0.131. The van der Waals surface area contributed by atoms with Gasteiger partial charge in [-0.05, 0) is 104 Å². The van der Waals surface area contributed by atoms with E-state index in [-0.39, 0.29) is 11.2 Å². The molecule has 3 atom stereocenters. The number of hydrogen-bond donors (Lipinski definition) is 0. The third-order valence-corrected chi connectivity index (χ3v) is 8.56. The van der Waals surface area contributed by atoms with E-state index < -0.39 is 0 Å². The fourth-order valence-electron chi connectivity index (χ4n) is 6.25. The van der Waals surface area contributed by atoms with Crippen LogP contribution in [0.25, 0.3) is 0 Å². The van der Waals surface area contributed by atoms with Gasteiger partial charge in [0.05, 0.1) is 0 Å². The van der Waals surface area contributed by atoms with Crippen molar-refractivity contribution in [2.75, 3.05) is 0 Å².